The van der Waals surface area contributed by atoms with E-state index in [0.29, 0.717) is 25.2 Å². The number of esters is 1. The molecule has 0 spiro atoms. The highest BCUT2D eigenvalue weighted by Gasteiger charge is 2.48. The van der Waals surface area contributed by atoms with Gasteiger partial charge in [0.1, 0.15) is 12.0 Å². The van der Waals surface area contributed by atoms with Gasteiger partial charge in [-0.05, 0) is 18.9 Å². The Morgan fingerprint density at radius 2 is 2.35 bits per heavy atom. The molecule has 1 saturated carbocycles. The summed E-state index contributed by atoms with van der Waals surface area (Å²) in [5.41, 5.74) is -1.09. The highest BCUT2D eigenvalue weighted by molar-refractivity contribution is 6.04. The molecule has 1 aliphatic carbocycles. The van der Waals surface area contributed by atoms with Crippen LogP contribution in [0.1, 0.15) is 32.1 Å². The van der Waals surface area contributed by atoms with E-state index in [1.54, 1.807) is 6.08 Å². The lowest BCUT2D eigenvalue weighted by Crippen LogP contribution is -2.43. The lowest BCUT2D eigenvalue weighted by atomic mass is 9.70. The molecule has 5 nitrogen and oxygen atoms in total. The molecule has 1 unspecified atom stereocenters. The molecule has 0 aromatic heterocycles. The van der Waals surface area contributed by atoms with Crippen molar-refractivity contribution in [2.24, 2.45) is 5.41 Å². The van der Waals surface area contributed by atoms with Crippen LogP contribution in [-0.2, 0) is 23.8 Å². The van der Waals surface area contributed by atoms with Gasteiger partial charge in [0, 0.05) is 12.8 Å². The first-order valence-corrected chi connectivity index (χ1v) is 6.90. The Labute approximate surface area is 118 Å². The molecule has 20 heavy (non-hydrogen) atoms. The zero-order valence-electron chi connectivity index (χ0n) is 11.6. The molecule has 5 heteroatoms. The van der Waals surface area contributed by atoms with Gasteiger partial charge in [-0.2, -0.15) is 0 Å². The summed E-state index contributed by atoms with van der Waals surface area (Å²) in [6.45, 7) is 4.25. The fraction of sp³-hybridized carbons (Fsp3) is 0.600. The van der Waals surface area contributed by atoms with E-state index in [-0.39, 0.29) is 25.6 Å². The van der Waals surface area contributed by atoms with Gasteiger partial charge in [-0.25, -0.2) is 0 Å². The topological polar surface area (TPSA) is 61.8 Å². The maximum absolute atomic E-state index is 12.4. The van der Waals surface area contributed by atoms with Crippen molar-refractivity contribution in [3.63, 3.8) is 0 Å². The standard InChI is InChI=1S/C15H20O5/c1-2-8-19-14(17)15(7-4-3-5-13(15)16)10-12-6-9-18-11-20-12/h2,6H,1,3-5,7-11H2. The zero-order chi connectivity index (χ0) is 14.4. The van der Waals surface area contributed by atoms with Crippen molar-refractivity contribution in [2.75, 3.05) is 20.0 Å². The summed E-state index contributed by atoms with van der Waals surface area (Å²) in [6, 6.07) is 0. The van der Waals surface area contributed by atoms with Gasteiger partial charge < -0.3 is 14.2 Å². The minimum Gasteiger partial charge on any atom is -0.472 e. The second-order valence-electron chi connectivity index (χ2n) is 5.08. The summed E-state index contributed by atoms with van der Waals surface area (Å²) in [6.07, 6.45) is 6.16. The van der Waals surface area contributed by atoms with Crippen molar-refractivity contribution in [3.8, 4) is 0 Å². The number of allylic oxidation sites excluding steroid dienone is 1. The third-order valence-corrected chi connectivity index (χ3v) is 3.75. The molecule has 1 fully saturated rings. The van der Waals surface area contributed by atoms with E-state index < -0.39 is 11.4 Å². The molecule has 1 atom stereocenters. The van der Waals surface area contributed by atoms with Crippen molar-refractivity contribution < 1.29 is 23.8 Å². The first kappa shape index (κ1) is 14.8. The Kier molecular flexibility index (Phi) is 4.95. The van der Waals surface area contributed by atoms with E-state index in [4.69, 9.17) is 14.2 Å². The number of ketones is 1. The van der Waals surface area contributed by atoms with Gasteiger partial charge in [0.2, 0.25) is 0 Å². The number of carbonyl (C=O) groups excluding carboxylic acids is 2. The number of ether oxygens (including phenoxy) is 3. The molecular formula is C15H20O5. The summed E-state index contributed by atoms with van der Waals surface area (Å²) < 4.78 is 15.6. The molecule has 1 aliphatic heterocycles. The van der Waals surface area contributed by atoms with Crippen LogP contribution in [0.25, 0.3) is 0 Å². The second kappa shape index (κ2) is 6.70. The summed E-state index contributed by atoms with van der Waals surface area (Å²) in [7, 11) is 0. The van der Waals surface area contributed by atoms with Gasteiger partial charge in [0.05, 0.1) is 12.4 Å². The zero-order valence-corrected chi connectivity index (χ0v) is 11.6. The van der Waals surface area contributed by atoms with E-state index in [1.165, 1.54) is 6.08 Å². The predicted molar refractivity (Wildman–Crippen MR) is 71.7 cm³/mol. The molecule has 2 aliphatic rings. The van der Waals surface area contributed by atoms with Gasteiger partial charge in [0.25, 0.3) is 0 Å². The quantitative estimate of drug-likeness (QED) is 0.438. The monoisotopic (exact) mass is 280 g/mol. The third kappa shape index (κ3) is 3.10. The SMILES string of the molecule is C=CCOC(=O)C1(CC2=CCOCO2)CCCCC1=O. The smallest absolute Gasteiger partial charge is 0.320 e. The van der Waals surface area contributed by atoms with Crippen LogP contribution in [-0.4, -0.2) is 31.8 Å². The molecule has 0 N–H and O–H groups in total. The van der Waals surface area contributed by atoms with Gasteiger partial charge in [-0.15, -0.1) is 0 Å². The molecule has 2 rings (SSSR count). The summed E-state index contributed by atoms with van der Waals surface area (Å²) >= 11 is 0. The van der Waals surface area contributed by atoms with Crippen LogP contribution in [0.2, 0.25) is 0 Å². The average molecular weight is 280 g/mol. The van der Waals surface area contributed by atoms with Crippen LogP contribution in [0.3, 0.4) is 0 Å². The largest absolute Gasteiger partial charge is 0.472 e. The third-order valence-electron chi connectivity index (χ3n) is 3.75. The number of carbonyl (C=O) groups is 2. The van der Waals surface area contributed by atoms with Gasteiger partial charge in [-0.1, -0.05) is 19.1 Å². The molecule has 0 bridgehead atoms. The highest BCUT2D eigenvalue weighted by Crippen LogP contribution is 2.40. The molecule has 0 aromatic carbocycles. The van der Waals surface area contributed by atoms with Crippen LogP contribution in [0, 0.1) is 5.41 Å². The van der Waals surface area contributed by atoms with E-state index in [1.807, 2.05) is 0 Å². The van der Waals surface area contributed by atoms with Gasteiger partial charge in [-0.3, -0.25) is 9.59 Å². The average Bonchev–Trinajstić information content (AvgIpc) is 2.48. The van der Waals surface area contributed by atoms with Crippen molar-refractivity contribution in [1.29, 1.82) is 0 Å². The normalized spacial score (nSPS) is 26.4. The second-order valence-corrected chi connectivity index (χ2v) is 5.08. The first-order chi connectivity index (χ1) is 9.69. The number of hydrogen-bond donors (Lipinski definition) is 0. The van der Waals surface area contributed by atoms with Crippen molar-refractivity contribution in [3.05, 3.63) is 24.5 Å². The van der Waals surface area contributed by atoms with E-state index in [0.717, 1.165) is 12.8 Å². The Morgan fingerprint density at radius 3 is 3.00 bits per heavy atom. The maximum Gasteiger partial charge on any atom is 0.320 e. The molecule has 0 radical (unpaired) electrons. The molecule has 0 aromatic rings. The van der Waals surface area contributed by atoms with Crippen molar-refractivity contribution >= 4 is 11.8 Å². The maximum atomic E-state index is 12.4. The van der Waals surface area contributed by atoms with Gasteiger partial charge >= 0.3 is 5.97 Å². The minimum absolute atomic E-state index is 0.0474. The molecule has 110 valence electrons. The number of rotatable bonds is 5. The van der Waals surface area contributed by atoms with E-state index in [2.05, 4.69) is 6.58 Å². The fourth-order valence-electron chi connectivity index (χ4n) is 2.64. The molecule has 0 saturated heterocycles. The van der Waals surface area contributed by atoms with Crippen molar-refractivity contribution in [1.82, 2.24) is 0 Å². The summed E-state index contributed by atoms with van der Waals surface area (Å²) in [5.74, 6) is 0.133. The predicted octanol–water partition coefficient (Wildman–Crippen LogP) is 2.12. The van der Waals surface area contributed by atoms with Crippen molar-refractivity contribution in [2.45, 2.75) is 32.1 Å². The van der Waals surface area contributed by atoms with Crippen LogP contribution in [0.4, 0.5) is 0 Å². The van der Waals surface area contributed by atoms with Gasteiger partial charge in [0.15, 0.2) is 12.6 Å². The summed E-state index contributed by atoms with van der Waals surface area (Å²) in [5, 5.41) is 0. The molecule has 0 amide bonds. The fourth-order valence-corrected chi connectivity index (χ4v) is 2.64. The lowest BCUT2D eigenvalue weighted by Gasteiger charge is -2.34. The summed E-state index contributed by atoms with van der Waals surface area (Å²) in [4.78, 5) is 24.7. The number of Topliss-reactive ketones (excluding diaryl/α,β-unsaturated/α-hetero) is 1. The molecule has 1 heterocycles. The lowest BCUT2D eigenvalue weighted by molar-refractivity contribution is -0.163. The minimum atomic E-state index is -1.09. The Balaban J connectivity index is 2.18. The number of hydrogen-bond acceptors (Lipinski definition) is 5. The van der Waals surface area contributed by atoms with Crippen LogP contribution in [0.15, 0.2) is 24.5 Å². The Bertz CT molecular complexity index is 426. The highest BCUT2D eigenvalue weighted by atomic mass is 16.7. The van der Waals surface area contributed by atoms with E-state index in [9.17, 15) is 9.59 Å². The first-order valence-electron chi connectivity index (χ1n) is 6.90. The van der Waals surface area contributed by atoms with E-state index >= 15 is 0 Å². The van der Waals surface area contributed by atoms with Crippen LogP contribution < -0.4 is 0 Å². The Hall–Kier alpha value is -1.62. The van der Waals surface area contributed by atoms with Crippen LogP contribution in [0.5, 0.6) is 0 Å². The Morgan fingerprint density at radius 1 is 1.50 bits per heavy atom. The molecular weight excluding hydrogens is 260 g/mol. The van der Waals surface area contributed by atoms with Crippen LogP contribution >= 0.6 is 0 Å².